The molecular formula is C13H19NO3S. The van der Waals surface area contributed by atoms with Crippen LogP contribution in [0.4, 0.5) is 0 Å². The molecule has 0 radical (unpaired) electrons. The normalized spacial score (nSPS) is 13.9. The maximum Gasteiger partial charge on any atom is 0.251 e. The van der Waals surface area contributed by atoms with Gasteiger partial charge in [-0.25, -0.2) is 0 Å². The Labute approximate surface area is 110 Å². The van der Waals surface area contributed by atoms with Gasteiger partial charge in [-0.3, -0.25) is 9.00 Å². The summed E-state index contributed by atoms with van der Waals surface area (Å²) < 4.78 is 11.0. The second-order valence-corrected chi connectivity index (χ2v) is 6.00. The number of hydrogen-bond acceptors (Lipinski definition) is 3. The summed E-state index contributed by atoms with van der Waals surface area (Å²) in [4.78, 5) is 11.9. The molecule has 0 saturated carbocycles. The highest BCUT2D eigenvalue weighted by atomic mass is 32.2. The minimum Gasteiger partial charge on any atom is -0.508 e. The van der Waals surface area contributed by atoms with E-state index in [4.69, 9.17) is 0 Å². The summed E-state index contributed by atoms with van der Waals surface area (Å²) in [6, 6.07) is 4.73. The van der Waals surface area contributed by atoms with Gasteiger partial charge < -0.3 is 10.4 Å². The lowest BCUT2D eigenvalue weighted by Crippen LogP contribution is -2.33. The summed E-state index contributed by atoms with van der Waals surface area (Å²) >= 11 is 0. The number of phenols is 1. The zero-order valence-corrected chi connectivity index (χ0v) is 11.7. The highest BCUT2D eigenvalue weighted by Crippen LogP contribution is 2.16. The molecule has 0 fully saturated rings. The molecule has 1 aromatic rings. The number of rotatable bonds is 5. The van der Waals surface area contributed by atoms with Gasteiger partial charge in [-0.2, -0.15) is 0 Å². The number of carbonyl (C=O) groups is 1. The Morgan fingerprint density at radius 3 is 2.72 bits per heavy atom. The minimum absolute atomic E-state index is 0.0180. The van der Waals surface area contributed by atoms with Crippen LogP contribution in [-0.4, -0.2) is 33.3 Å². The first kappa shape index (κ1) is 14.7. The van der Waals surface area contributed by atoms with Crippen molar-refractivity contribution in [1.29, 1.82) is 0 Å². The molecule has 0 spiro atoms. The first-order valence-electron chi connectivity index (χ1n) is 5.80. The fraction of sp³-hybridized carbons (Fsp3) is 0.462. The van der Waals surface area contributed by atoms with Crippen LogP contribution >= 0.6 is 0 Å². The Bertz CT molecular complexity index is 460. The zero-order chi connectivity index (χ0) is 13.7. The van der Waals surface area contributed by atoms with E-state index in [0.717, 1.165) is 0 Å². The van der Waals surface area contributed by atoms with Gasteiger partial charge in [0, 0.05) is 34.4 Å². The molecule has 0 aliphatic heterocycles. The number of amides is 1. The Balaban J connectivity index is 2.59. The third kappa shape index (κ3) is 4.49. The molecule has 18 heavy (non-hydrogen) atoms. The van der Waals surface area contributed by atoms with Gasteiger partial charge in [0.15, 0.2) is 0 Å². The average Bonchev–Trinajstić information content (AvgIpc) is 2.30. The molecule has 0 bridgehead atoms. The minimum atomic E-state index is -0.837. The lowest BCUT2D eigenvalue weighted by atomic mass is 10.1. The second-order valence-electron chi connectivity index (χ2n) is 4.44. The molecule has 0 aliphatic rings. The molecule has 0 aliphatic carbocycles. The van der Waals surface area contributed by atoms with Gasteiger partial charge in [-0.1, -0.05) is 0 Å². The van der Waals surface area contributed by atoms with Gasteiger partial charge in [0.1, 0.15) is 5.75 Å². The summed E-state index contributed by atoms with van der Waals surface area (Å²) in [5, 5.41) is 12.2. The maximum atomic E-state index is 11.9. The third-order valence-electron chi connectivity index (χ3n) is 2.67. The Hall–Kier alpha value is -1.36. The van der Waals surface area contributed by atoms with Crippen molar-refractivity contribution in [2.45, 2.75) is 26.3 Å². The van der Waals surface area contributed by atoms with Crippen molar-refractivity contribution in [2.75, 3.05) is 12.0 Å². The van der Waals surface area contributed by atoms with Gasteiger partial charge in [0.25, 0.3) is 5.91 Å². The lowest BCUT2D eigenvalue weighted by molar-refractivity contribution is 0.0939. The van der Waals surface area contributed by atoms with E-state index in [2.05, 4.69) is 5.32 Å². The fourth-order valence-electron chi connectivity index (χ4n) is 1.52. The van der Waals surface area contributed by atoms with Crippen LogP contribution in [0.2, 0.25) is 0 Å². The van der Waals surface area contributed by atoms with Gasteiger partial charge >= 0.3 is 0 Å². The van der Waals surface area contributed by atoms with E-state index in [1.165, 1.54) is 6.07 Å². The molecule has 1 aromatic carbocycles. The monoisotopic (exact) mass is 269 g/mol. The van der Waals surface area contributed by atoms with Crippen molar-refractivity contribution in [2.24, 2.45) is 0 Å². The molecule has 2 N–H and O–H groups in total. The lowest BCUT2D eigenvalue weighted by Gasteiger charge is -2.13. The van der Waals surface area contributed by atoms with Crippen LogP contribution in [0.25, 0.3) is 0 Å². The third-order valence-corrected chi connectivity index (χ3v) is 3.49. The zero-order valence-electron chi connectivity index (χ0n) is 10.9. The summed E-state index contributed by atoms with van der Waals surface area (Å²) in [5.41, 5.74) is 1.19. The van der Waals surface area contributed by atoms with E-state index in [9.17, 15) is 14.1 Å². The van der Waals surface area contributed by atoms with Crippen molar-refractivity contribution >= 4 is 16.7 Å². The predicted octanol–water partition coefficient (Wildman–Crippen LogP) is 1.59. The number of nitrogens with one attached hydrogen (secondary N) is 1. The van der Waals surface area contributed by atoms with Crippen molar-refractivity contribution in [3.05, 3.63) is 29.3 Å². The quantitative estimate of drug-likeness (QED) is 0.853. The van der Waals surface area contributed by atoms with Crippen LogP contribution < -0.4 is 5.32 Å². The highest BCUT2D eigenvalue weighted by molar-refractivity contribution is 7.84. The van der Waals surface area contributed by atoms with Crippen LogP contribution in [0.1, 0.15) is 29.3 Å². The standard InChI is InChI=1S/C13H19NO3S/c1-9-8-11(4-5-12(9)15)13(16)14-10(2)6-7-18(3)17/h4-5,8,10,15H,6-7H2,1-3H3,(H,14,16). The summed E-state index contributed by atoms with van der Waals surface area (Å²) in [6.45, 7) is 3.63. The predicted molar refractivity (Wildman–Crippen MR) is 73.3 cm³/mol. The highest BCUT2D eigenvalue weighted by Gasteiger charge is 2.11. The Kier molecular flexibility index (Phi) is 5.34. The molecule has 0 heterocycles. The molecule has 5 heteroatoms. The first-order chi connectivity index (χ1) is 8.40. The van der Waals surface area contributed by atoms with E-state index < -0.39 is 10.8 Å². The molecule has 0 saturated heterocycles. The summed E-state index contributed by atoms with van der Waals surface area (Å²) in [7, 11) is -0.837. The van der Waals surface area contributed by atoms with Crippen LogP contribution in [0, 0.1) is 6.92 Å². The smallest absolute Gasteiger partial charge is 0.251 e. The van der Waals surface area contributed by atoms with Gasteiger partial charge in [-0.15, -0.1) is 0 Å². The summed E-state index contributed by atoms with van der Waals surface area (Å²) in [6.07, 6.45) is 2.34. The average molecular weight is 269 g/mol. The Morgan fingerprint density at radius 2 is 2.17 bits per heavy atom. The maximum absolute atomic E-state index is 11.9. The fourth-order valence-corrected chi connectivity index (χ4v) is 2.20. The molecular weight excluding hydrogens is 250 g/mol. The van der Waals surface area contributed by atoms with Crippen molar-refractivity contribution in [1.82, 2.24) is 5.32 Å². The number of benzene rings is 1. The van der Waals surface area contributed by atoms with E-state index in [-0.39, 0.29) is 17.7 Å². The van der Waals surface area contributed by atoms with Crippen LogP contribution in [0.15, 0.2) is 18.2 Å². The number of aryl methyl sites for hydroxylation is 1. The molecule has 2 atom stereocenters. The molecule has 1 rings (SSSR count). The Morgan fingerprint density at radius 1 is 1.50 bits per heavy atom. The van der Waals surface area contributed by atoms with E-state index in [1.807, 2.05) is 6.92 Å². The van der Waals surface area contributed by atoms with Crippen LogP contribution in [0.5, 0.6) is 5.75 Å². The molecule has 4 nitrogen and oxygen atoms in total. The van der Waals surface area contributed by atoms with Gasteiger partial charge in [0.2, 0.25) is 0 Å². The van der Waals surface area contributed by atoms with E-state index in [1.54, 1.807) is 25.3 Å². The van der Waals surface area contributed by atoms with E-state index in [0.29, 0.717) is 23.3 Å². The topological polar surface area (TPSA) is 66.4 Å². The van der Waals surface area contributed by atoms with E-state index >= 15 is 0 Å². The number of aromatic hydroxyl groups is 1. The van der Waals surface area contributed by atoms with Gasteiger partial charge in [-0.05, 0) is 44.0 Å². The SMILES string of the molecule is Cc1cc(C(=O)NC(C)CCS(C)=O)ccc1O. The van der Waals surface area contributed by atoms with Crippen LogP contribution in [-0.2, 0) is 10.8 Å². The number of carbonyl (C=O) groups excluding carboxylic acids is 1. The number of phenolic OH excluding ortho intramolecular Hbond substituents is 1. The van der Waals surface area contributed by atoms with Gasteiger partial charge in [0.05, 0.1) is 0 Å². The molecule has 100 valence electrons. The molecule has 1 amide bonds. The van der Waals surface area contributed by atoms with Crippen molar-refractivity contribution in [3.63, 3.8) is 0 Å². The van der Waals surface area contributed by atoms with Crippen LogP contribution in [0.3, 0.4) is 0 Å². The second kappa shape index (κ2) is 6.54. The van der Waals surface area contributed by atoms with Crippen molar-refractivity contribution in [3.8, 4) is 5.75 Å². The number of hydrogen-bond donors (Lipinski definition) is 2. The first-order valence-corrected chi connectivity index (χ1v) is 7.53. The molecule has 0 aromatic heterocycles. The molecule has 2 unspecified atom stereocenters. The van der Waals surface area contributed by atoms with Crippen molar-refractivity contribution < 1.29 is 14.1 Å². The summed E-state index contributed by atoms with van der Waals surface area (Å²) in [5.74, 6) is 0.587. The largest absolute Gasteiger partial charge is 0.508 e.